The van der Waals surface area contributed by atoms with Crippen LogP contribution in [0.2, 0.25) is 0 Å². The molecule has 8 nitrogen and oxygen atoms in total. The van der Waals surface area contributed by atoms with E-state index >= 15 is 0 Å². The Balaban J connectivity index is 2.43. The molecule has 1 aromatic rings. The van der Waals surface area contributed by atoms with E-state index in [-0.39, 0.29) is 5.82 Å². The minimum absolute atomic E-state index is 0.0167. The zero-order valence-electron chi connectivity index (χ0n) is 10.0. The number of nitrogen functional groups attached to an aromatic ring is 1. The van der Waals surface area contributed by atoms with E-state index < -0.39 is 36.8 Å². The second kappa shape index (κ2) is 5.10. The molecule has 8 heteroatoms. The van der Waals surface area contributed by atoms with Gasteiger partial charge in [0.25, 0.3) is 0 Å². The van der Waals surface area contributed by atoms with Gasteiger partial charge in [-0.25, -0.2) is 4.79 Å². The summed E-state index contributed by atoms with van der Waals surface area (Å²) < 4.78 is 6.25. The van der Waals surface area contributed by atoms with Gasteiger partial charge < -0.3 is 25.8 Å². The third-order valence-electron chi connectivity index (χ3n) is 3.02. The summed E-state index contributed by atoms with van der Waals surface area (Å²) in [7, 11) is 0. The van der Waals surface area contributed by atoms with Crippen LogP contribution >= 0.6 is 0 Å². The third-order valence-corrected chi connectivity index (χ3v) is 3.02. The number of hydrogen-bond donors (Lipinski definition) is 4. The van der Waals surface area contributed by atoms with Crippen LogP contribution in [0.4, 0.5) is 5.82 Å². The fraction of sp³-hybridized carbons (Fsp3) is 0.455. The van der Waals surface area contributed by atoms with Gasteiger partial charge in [0.15, 0.2) is 6.23 Å². The van der Waals surface area contributed by atoms with Gasteiger partial charge in [0, 0.05) is 11.8 Å². The summed E-state index contributed by atoms with van der Waals surface area (Å²) >= 11 is 0. The zero-order valence-corrected chi connectivity index (χ0v) is 10.0. The molecule has 1 aliphatic rings. The fourth-order valence-corrected chi connectivity index (χ4v) is 1.95. The maximum Gasteiger partial charge on any atom is 0.351 e. The Kier molecular flexibility index (Phi) is 3.67. The SMILES string of the molecule is C=Cc1cn(C2O[C@H](CO)[C@@H](O)[C@H]2O)c(=O)nc1N. The number of ether oxygens (including phenoxy) is 1. The molecule has 4 atom stereocenters. The summed E-state index contributed by atoms with van der Waals surface area (Å²) in [4.78, 5) is 15.3. The molecule has 1 aliphatic heterocycles. The van der Waals surface area contributed by atoms with Crippen molar-refractivity contribution in [2.75, 3.05) is 12.3 Å². The van der Waals surface area contributed by atoms with E-state index in [4.69, 9.17) is 15.6 Å². The van der Waals surface area contributed by atoms with Crippen LogP contribution in [0.15, 0.2) is 17.6 Å². The Hall–Kier alpha value is -1.74. The molecule has 19 heavy (non-hydrogen) atoms. The molecule has 2 rings (SSSR count). The zero-order chi connectivity index (χ0) is 14.2. The number of hydrogen-bond acceptors (Lipinski definition) is 7. The third kappa shape index (κ3) is 2.26. The van der Waals surface area contributed by atoms with Gasteiger partial charge in [0.2, 0.25) is 0 Å². The summed E-state index contributed by atoms with van der Waals surface area (Å²) in [5.41, 5.74) is 5.20. The molecule has 1 fully saturated rings. The number of nitrogens with two attached hydrogens (primary N) is 1. The smallest absolute Gasteiger partial charge is 0.351 e. The van der Waals surface area contributed by atoms with E-state index in [1.807, 2.05) is 0 Å². The predicted octanol–water partition coefficient (Wildman–Crippen LogP) is -1.92. The molecule has 104 valence electrons. The second-order valence-corrected chi connectivity index (χ2v) is 4.20. The lowest BCUT2D eigenvalue weighted by Gasteiger charge is -2.17. The van der Waals surface area contributed by atoms with Gasteiger partial charge in [-0.15, -0.1) is 0 Å². The minimum Gasteiger partial charge on any atom is -0.394 e. The lowest BCUT2D eigenvalue weighted by molar-refractivity contribution is -0.0549. The Morgan fingerprint density at radius 1 is 1.53 bits per heavy atom. The van der Waals surface area contributed by atoms with Crippen LogP contribution in [0.25, 0.3) is 6.08 Å². The van der Waals surface area contributed by atoms with Crippen molar-refractivity contribution in [2.45, 2.75) is 24.5 Å². The Bertz CT molecular complexity index is 544. The van der Waals surface area contributed by atoms with Crippen LogP contribution in [0.1, 0.15) is 11.8 Å². The van der Waals surface area contributed by atoms with Gasteiger partial charge in [-0.1, -0.05) is 12.7 Å². The van der Waals surface area contributed by atoms with Crippen LogP contribution in [0.3, 0.4) is 0 Å². The van der Waals surface area contributed by atoms with Gasteiger partial charge in [-0.3, -0.25) is 4.57 Å². The van der Waals surface area contributed by atoms with Crippen LogP contribution in [-0.2, 0) is 4.74 Å². The molecule has 1 unspecified atom stereocenters. The van der Waals surface area contributed by atoms with E-state index in [0.29, 0.717) is 5.56 Å². The Labute approximate surface area is 108 Å². The molecule has 0 saturated carbocycles. The number of aromatic nitrogens is 2. The van der Waals surface area contributed by atoms with E-state index in [0.717, 1.165) is 4.57 Å². The normalized spacial score (nSPS) is 30.5. The highest BCUT2D eigenvalue weighted by atomic mass is 16.6. The average Bonchev–Trinajstić information content (AvgIpc) is 2.67. The van der Waals surface area contributed by atoms with E-state index in [2.05, 4.69) is 11.6 Å². The molecule has 0 bridgehead atoms. The quantitative estimate of drug-likeness (QED) is 0.503. The maximum absolute atomic E-state index is 11.7. The van der Waals surface area contributed by atoms with Crippen molar-refractivity contribution in [2.24, 2.45) is 0 Å². The van der Waals surface area contributed by atoms with E-state index in [9.17, 15) is 15.0 Å². The highest BCUT2D eigenvalue weighted by Gasteiger charge is 2.43. The Morgan fingerprint density at radius 3 is 2.74 bits per heavy atom. The first-order valence-corrected chi connectivity index (χ1v) is 5.63. The van der Waals surface area contributed by atoms with Gasteiger partial charge >= 0.3 is 5.69 Å². The molecule has 0 spiro atoms. The van der Waals surface area contributed by atoms with Gasteiger partial charge in [-0.2, -0.15) is 4.98 Å². The van der Waals surface area contributed by atoms with Gasteiger partial charge in [0.05, 0.1) is 6.61 Å². The number of aliphatic hydroxyl groups is 3. The number of nitrogens with zero attached hydrogens (tertiary/aromatic N) is 2. The monoisotopic (exact) mass is 269 g/mol. The van der Waals surface area contributed by atoms with Crippen molar-refractivity contribution in [3.63, 3.8) is 0 Å². The average molecular weight is 269 g/mol. The summed E-state index contributed by atoms with van der Waals surface area (Å²) in [6.07, 6.45) is -2.00. The van der Waals surface area contributed by atoms with Gasteiger partial charge in [0.1, 0.15) is 24.1 Å². The molecule has 5 N–H and O–H groups in total. The molecule has 0 aromatic carbocycles. The summed E-state index contributed by atoms with van der Waals surface area (Å²) in [5, 5.41) is 28.5. The number of anilines is 1. The molecular formula is C11H15N3O5. The molecule has 0 aliphatic carbocycles. The number of rotatable bonds is 3. The van der Waals surface area contributed by atoms with Crippen LogP contribution in [-0.4, -0.2) is 49.8 Å². The molecular weight excluding hydrogens is 254 g/mol. The fourth-order valence-electron chi connectivity index (χ4n) is 1.95. The number of aliphatic hydroxyl groups excluding tert-OH is 3. The summed E-state index contributed by atoms with van der Waals surface area (Å²) in [6.45, 7) is 3.05. The van der Waals surface area contributed by atoms with Crippen molar-refractivity contribution < 1.29 is 20.1 Å². The molecule has 2 heterocycles. The lowest BCUT2D eigenvalue weighted by atomic mass is 10.1. The van der Waals surface area contributed by atoms with Crippen molar-refractivity contribution in [1.82, 2.24) is 9.55 Å². The summed E-state index contributed by atoms with van der Waals surface area (Å²) in [5.74, 6) is 0.0167. The van der Waals surface area contributed by atoms with Crippen LogP contribution in [0.5, 0.6) is 0 Å². The van der Waals surface area contributed by atoms with Gasteiger partial charge in [-0.05, 0) is 0 Å². The van der Waals surface area contributed by atoms with Crippen molar-refractivity contribution >= 4 is 11.9 Å². The topological polar surface area (TPSA) is 131 Å². The maximum atomic E-state index is 11.7. The molecule has 1 aromatic heterocycles. The Morgan fingerprint density at radius 2 is 2.21 bits per heavy atom. The predicted molar refractivity (Wildman–Crippen MR) is 66.0 cm³/mol. The standard InChI is InChI=1S/C11H15N3O5/c1-2-5-3-14(11(18)13-9(5)12)10-8(17)7(16)6(4-15)19-10/h2-3,6-8,10,15-17H,1,4H2,(H2,12,13,18)/t6-,7-,8-,10?/m1/s1. The first kappa shape index (κ1) is 13.7. The highest BCUT2D eigenvalue weighted by molar-refractivity contribution is 5.57. The molecule has 0 radical (unpaired) electrons. The summed E-state index contributed by atoms with van der Waals surface area (Å²) in [6, 6.07) is 0. The highest BCUT2D eigenvalue weighted by Crippen LogP contribution is 2.28. The van der Waals surface area contributed by atoms with Crippen molar-refractivity contribution in [3.05, 3.63) is 28.8 Å². The second-order valence-electron chi connectivity index (χ2n) is 4.20. The molecule has 0 amide bonds. The van der Waals surface area contributed by atoms with E-state index in [1.165, 1.54) is 12.3 Å². The minimum atomic E-state index is -1.35. The molecule has 1 saturated heterocycles. The largest absolute Gasteiger partial charge is 0.394 e. The van der Waals surface area contributed by atoms with Crippen molar-refractivity contribution in [3.8, 4) is 0 Å². The lowest BCUT2D eigenvalue weighted by Crippen LogP contribution is -2.36. The first-order valence-electron chi connectivity index (χ1n) is 5.63. The van der Waals surface area contributed by atoms with E-state index in [1.54, 1.807) is 0 Å². The van der Waals surface area contributed by atoms with Crippen LogP contribution < -0.4 is 11.4 Å². The van der Waals surface area contributed by atoms with Crippen LogP contribution in [0, 0.1) is 0 Å². The van der Waals surface area contributed by atoms with Crippen molar-refractivity contribution in [1.29, 1.82) is 0 Å². The first-order chi connectivity index (χ1) is 8.99.